The molecule has 0 fully saturated rings. The third kappa shape index (κ3) is 3.82. The van der Waals surface area contributed by atoms with Crippen LogP contribution in [0, 0.1) is 20.8 Å². The van der Waals surface area contributed by atoms with Gasteiger partial charge in [0.15, 0.2) is 10.8 Å². The van der Waals surface area contributed by atoms with Crippen molar-refractivity contribution in [2.45, 2.75) is 38.1 Å². The molecular formula is C22H21ClN4OS. The smallest absolute Gasteiger partial charge is 0.237 e. The van der Waals surface area contributed by atoms with E-state index in [-0.39, 0.29) is 11.2 Å². The Morgan fingerprint density at radius 2 is 1.79 bits per heavy atom. The second kappa shape index (κ2) is 7.69. The number of rotatable bonds is 4. The molecule has 2 aromatic carbocycles. The van der Waals surface area contributed by atoms with Gasteiger partial charge < -0.3 is 5.32 Å². The maximum absolute atomic E-state index is 12.7. The van der Waals surface area contributed by atoms with E-state index in [4.69, 9.17) is 11.6 Å². The lowest BCUT2D eigenvalue weighted by Crippen LogP contribution is -2.22. The summed E-state index contributed by atoms with van der Waals surface area (Å²) in [7, 11) is 0. The number of anilines is 1. The first-order valence-electron chi connectivity index (χ1n) is 9.32. The largest absolute Gasteiger partial charge is 0.325 e. The fraction of sp³-hybridized carbons (Fsp3) is 0.227. The molecular weight excluding hydrogens is 404 g/mol. The number of hydrogen-bond donors (Lipinski definition) is 1. The Labute approximate surface area is 178 Å². The second-order valence-electron chi connectivity index (χ2n) is 7.24. The highest BCUT2D eigenvalue weighted by molar-refractivity contribution is 8.00. The molecule has 0 saturated carbocycles. The topological polar surface area (TPSA) is 59.3 Å². The number of carbonyl (C=O) groups is 1. The second-order valence-corrected chi connectivity index (χ2v) is 8.98. The zero-order valence-corrected chi connectivity index (χ0v) is 18.2. The van der Waals surface area contributed by atoms with E-state index in [9.17, 15) is 4.79 Å². The zero-order chi connectivity index (χ0) is 20.7. The lowest BCUT2D eigenvalue weighted by Gasteiger charge is -2.14. The molecule has 4 rings (SSSR count). The van der Waals surface area contributed by atoms with Crippen molar-refractivity contribution in [2.24, 2.45) is 0 Å². The van der Waals surface area contributed by atoms with E-state index in [2.05, 4.69) is 48.4 Å². The summed E-state index contributed by atoms with van der Waals surface area (Å²) in [5.74, 6) is -0.0990. The average molecular weight is 425 g/mol. The van der Waals surface area contributed by atoms with Crippen LogP contribution in [0.2, 0.25) is 5.02 Å². The molecule has 148 valence electrons. The van der Waals surface area contributed by atoms with Crippen molar-refractivity contribution in [3.05, 3.63) is 64.2 Å². The van der Waals surface area contributed by atoms with E-state index in [1.165, 1.54) is 22.7 Å². The van der Waals surface area contributed by atoms with Crippen LogP contribution in [0.5, 0.6) is 0 Å². The number of nitrogens with one attached hydrogen (secondary N) is 1. The van der Waals surface area contributed by atoms with Gasteiger partial charge in [0.05, 0.1) is 10.8 Å². The summed E-state index contributed by atoms with van der Waals surface area (Å²) in [6.45, 7) is 8.15. The van der Waals surface area contributed by atoms with Crippen molar-refractivity contribution >= 4 is 51.5 Å². The van der Waals surface area contributed by atoms with Gasteiger partial charge in [-0.3, -0.25) is 9.20 Å². The van der Waals surface area contributed by atoms with Gasteiger partial charge in [0.2, 0.25) is 5.91 Å². The molecule has 0 bridgehead atoms. The average Bonchev–Trinajstić information content (AvgIpc) is 3.05. The summed E-state index contributed by atoms with van der Waals surface area (Å²) in [6, 6.07) is 13.4. The fourth-order valence-corrected chi connectivity index (χ4v) is 4.47. The Morgan fingerprint density at radius 1 is 1.07 bits per heavy atom. The molecule has 1 N–H and O–H groups in total. The molecule has 0 spiro atoms. The van der Waals surface area contributed by atoms with Crippen molar-refractivity contribution in [1.82, 2.24) is 14.6 Å². The molecule has 1 unspecified atom stereocenters. The number of halogens is 1. The number of thioether (sulfide) groups is 1. The van der Waals surface area contributed by atoms with E-state index in [1.807, 2.05) is 17.4 Å². The van der Waals surface area contributed by atoms with Crippen molar-refractivity contribution < 1.29 is 4.79 Å². The highest BCUT2D eigenvalue weighted by Crippen LogP contribution is 2.30. The highest BCUT2D eigenvalue weighted by atomic mass is 35.5. The van der Waals surface area contributed by atoms with Crippen LogP contribution in [-0.2, 0) is 4.79 Å². The molecule has 0 aliphatic heterocycles. The van der Waals surface area contributed by atoms with Crippen molar-refractivity contribution in [3.63, 3.8) is 0 Å². The lowest BCUT2D eigenvalue weighted by molar-refractivity contribution is -0.115. The first kappa shape index (κ1) is 19.7. The van der Waals surface area contributed by atoms with Crippen LogP contribution in [0.4, 0.5) is 5.69 Å². The standard InChI is InChI=1S/C22H21ClN4OS/c1-12-9-14(3)20-18(10-12)13(2)11-19-25-26-22(27(19)20)29-15(4)21(28)24-17-7-5-16(23)6-8-17/h5-11,15H,1-4H3,(H,24,28). The molecule has 29 heavy (non-hydrogen) atoms. The van der Waals surface area contributed by atoms with E-state index < -0.39 is 0 Å². The van der Waals surface area contributed by atoms with E-state index in [1.54, 1.807) is 24.3 Å². The van der Waals surface area contributed by atoms with Crippen LogP contribution < -0.4 is 5.32 Å². The number of amides is 1. The van der Waals surface area contributed by atoms with Crippen LogP contribution in [0.3, 0.4) is 0 Å². The predicted molar refractivity (Wildman–Crippen MR) is 120 cm³/mol. The maximum atomic E-state index is 12.7. The third-order valence-corrected chi connectivity index (χ3v) is 6.16. The van der Waals surface area contributed by atoms with E-state index in [0.29, 0.717) is 15.9 Å². The summed E-state index contributed by atoms with van der Waals surface area (Å²) in [5, 5.41) is 13.8. The monoisotopic (exact) mass is 424 g/mol. The Bertz CT molecular complexity index is 1230. The van der Waals surface area contributed by atoms with Gasteiger partial charge in [-0.05, 0) is 75.2 Å². The van der Waals surface area contributed by atoms with E-state index >= 15 is 0 Å². The number of nitrogens with zero attached hydrogens (tertiary/aromatic N) is 3. The molecule has 2 aromatic heterocycles. The van der Waals surface area contributed by atoms with Crippen molar-refractivity contribution in [1.29, 1.82) is 0 Å². The van der Waals surface area contributed by atoms with Gasteiger partial charge in [0.1, 0.15) is 0 Å². The summed E-state index contributed by atoms with van der Waals surface area (Å²) in [6.07, 6.45) is 0. The first-order chi connectivity index (χ1) is 13.8. The number of aryl methyl sites for hydroxylation is 3. The van der Waals surface area contributed by atoms with Gasteiger partial charge in [-0.1, -0.05) is 35.0 Å². The van der Waals surface area contributed by atoms with Crippen LogP contribution in [0.15, 0.2) is 47.6 Å². The first-order valence-corrected chi connectivity index (χ1v) is 10.6. The van der Waals surface area contributed by atoms with Crippen LogP contribution in [0.1, 0.15) is 23.6 Å². The molecule has 5 nitrogen and oxygen atoms in total. The van der Waals surface area contributed by atoms with Gasteiger partial charge in [0, 0.05) is 16.1 Å². The minimum Gasteiger partial charge on any atom is -0.325 e. The quantitative estimate of drug-likeness (QED) is 0.434. The van der Waals surface area contributed by atoms with E-state index in [0.717, 1.165) is 22.3 Å². The number of benzene rings is 2. The molecule has 7 heteroatoms. The Hall–Kier alpha value is -2.57. The molecule has 0 aliphatic carbocycles. The van der Waals surface area contributed by atoms with Gasteiger partial charge in [-0.2, -0.15) is 0 Å². The summed E-state index contributed by atoms with van der Waals surface area (Å²) in [5.41, 5.74) is 6.13. The van der Waals surface area contributed by atoms with Gasteiger partial charge >= 0.3 is 0 Å². The van der Waals surface area contributed by atoms with Crippen LogP contribution in [0.25, 0.3) is 16.6 Å². The van der Waals surface area contributed by atoms with Gasteiger partial charge in [-0.25, -0.2) is 0 Å². The molecule has 1 amide bonds. The van der Waals surface area contributed by atoms with Gasteiger partial charge in [-0.15, -0.1) is 10.2 Å². The SMILES string of the molecule is Cc1cc(C)c2c(c1)c(C)cc1nnc(SC(C)C(=O)Nc3ccc(Cl)cc3)n12. The van der Waals surface area contributed by atoms with Crippen LogP contribution in [-0.4, -0.2) is 25.8 Å². The molecule has 4 aromatic rings. The number of carbonyl (C=O) groups excluding carboxylic acids is 1. The van der Waals surface area contributed by atoms with Crippen molar-refractivity contribution in [2.75, 3.05) is 5.32 Å². The number of pyridine rings is 1. The molecule has 0 saturated heterocycles. The molecule has 1 atom stereocenters. The van der Waals surface area contributed by atoms with Crippen molar-refractivity contribution in [3.8, 4) is 0 Å². The maximum Gasteiger partial charge on any atom is 0.237 e. The normalized spacial score (nSPS) is 12.4. The minimum atomic E-state index is -0.347. The summed E-state index contributed by atoms with van der Waals surface area (Å²) >= 11 is 7.30. The number of hydrogen-bond acceptors (Lipinski definition) is 4. The highest BCUT2D eigenvalue weighted by Gasteiger charge is 2.20. The number of aromatic nitrogens is 3. The van der Waals surface area contributed by atoms with Crippen LogP contribution >= 0.6 is 23.4 Å². The predicted octanol–water partition coefficient (Wildman–Crippen LogP) is 5.58. The third-order valence-electron chi connectivity index (χ3n) is 4.86. The Morgan fingerprint density at radius 3 is 2.52 bits per heavy atom. The number of fused-ring (bicyclic) bond motifs is 3. The van der Waals surface area contributed by atoms with Gasteiger partial charge in [0.25, 0.3) is 0 Å². The Kier molecular flexibility index (Phi) is 5.23. The summed E-state index contributed by atoms with van der Waals surface area (Å²) < 4.78 is 2.05. The summed E-state index contributed by atoms with van der Waals surface area (Å²) in [4.78, 5) is 12.7. The lowest BCUT2D eigenvalue weighted by atomic mass is 10.0. The molecule has 2 heterocycles. The molecule has 0 aliphatic rings. The minimum absolute atomic E-state index is 0.0990. The zero-order valence-electron chi connectivity index (χ0n) is 16.7. The Balaban J connectivity index is 1.68. The molecule has 0 radical (unpaired) electrons. The fourth-order valence-electron chi connectivity index (χ4n) is 3.48.